The van der Waals surface area contributed by atoms with E-state index in [-0.39, 0.29) is 29.0 Å². The van der Waals surface area contributed by atoms with E-state index in [0.717, 1.165) is 12.8 Å². The minimum Gasteiger partial charge on any atom is -0.444 e. The molecule has 8 nitrogen and oxygen atoms in total. The van der Waals surface area contributed by atoms with Crippen molar-refractivity contribution in [1.82, 2.24) is 14.9 Å². The first-order valence-electron chi connectivity index (χ1n) is 14.1. The molecule has 4 aromatic rings. The lowest BCUT2D eigenvalue weighted by Crippen LogP contribution is -2.47. The molecule has 1 amide bonds. The Morgan fingerprint density at radius 3 is 2.56 bits per heavy atom. The van der Waals surface area contributed by atoms with E-state index in [0.29, 0.717) is 41.1 Å². The Balaban J connectivity index is 1.29. The Morgan fingerprint density at radius 2 is 1.81 bits per heavy atom. The first-order valence-corrected chi connectivity index (χ1v) is 15.9. The van der Waals surface area contributed by atoms with Gasteiger partial charge in [0, 0.05) is 41.8 Å². The van der Waals surface area contributed by atoms with Gasteiger partial charge in [0.25, 0.3) is 0 Å². The number of anilines is 1. The van der Waals surface area contributed by atoms with E-state index in [1.54, 1.807) is 59.6 Å². The number of halogens is 2. The number of ether oxygens (including phenoxy) is 1. The van der Waals surface area contributed by atoms with Crippen LogP contribution in [0.5, 0.6) is 0 Å². The van der Waals surface area contributed by atoms with Crippen LogP contribution in [0.1, 0.15) is 44.7 Å². The molecule has 5 rings (SSSR count). The molecule has 43 heavy (non-hydrogen) atoms. The fourth-order valence-electron chi connectivity index (χ4n) is 5.08. The van der Waals surface area contributed by atoms with Crippen LogP contribution in [0.2, 0.25) is 0 Å². The van der Waals surface area contributed by atoms with Gasteiger partial charge in [-0.1, -0.05) is 48.5 Å². The summed E-state index contributed by atoms with van der Waals surface area (Å²) >= 11 is 0. The standard InChI is InChI=1S/C32H34F2N4O4S/c1-32(2,3)42-31(39)38-15-7-10-25(18-38)36-30-35-17-24-16-22(12-14-27(24)37-30)26-13-11-23(28(33)29(26)34)20-43(40,41)19-21-8-5-4-6-9-21/h4-6,8-9,11-14,16-17,25H,7,10,15,18-20H2,1-3H3,(H,35,36,37)/t25-/m0/s1. The number of nitrogens with one attached hydrogen (secondary N) is 1. The molecule has 11 heteroatoms. The number of sulfone groups is 1. The van der Waals surface area contributed by atoms with Gasteiger partial charge in [-0.3, -0.25) is 0 Å². The number of nitrogens with zero attached hydrogens (tertiary/aromatic N) is 3. The number of rotatable bonds is 7. The molecule has 1 aliphatic heterocycles. The lowest BCUT2D eigenvalue weighted by Gasteiger charge is -2.34. The minimum atomic E-state index is -3.72. The Hall–Kier alpha value is -4.12. The second-order valence-electron chi connectivity index (χ2n) is 11.8. The molecule has 0 radical (unpaired) electrons. The van der Waals surface area contributed by atoms with Crippen molar-refractivity contribution in [2.24, 2.45) is 0 Å². The molecule has 0 saturated carbocycles. The predicted molar refractivity (Wildman–Crippen MR) is 162 cm³/mol. The maximum Gasteiger partial charge on any atom is 0.410 e. The molecule has 0 unspecified atom stereocenters. The number of fused-ring (bicyclic) bond motifs is 1. The van der Waals surface area contributed by atoms with Gasteiger partial charge < -0.3 is 15.0 Å². The van der Waals surface area contributed by atoms with E-state index in [1.807, 2.05) is 20.8 Å². The van der Waals surface area contributed by atoms with E-state index in [9.17, 15) is 13.2 Å². The number of hydrogen-bond donors (Lipinski definition) is 1. The van der Waals surface area contributed by atoms with Gasteiger partial charge in [0.1, 0.15) is 5.60 Å². The summed E-state index contributed by atoms with van der Waals surface area (Å²) in [6, 6.07) is 16.2. The van der Waals surface area contributed by atoms with Crippen LogP contribution in [-0.4, -0.2) is 54.1 Å². The summed E-state index contributed by atoms with van der Waals surface area (Å²) in [4.78, 5) is 23.1. The fraction of sp³-hybridized carbons (Fsp3) is 0.344. The van der Waals surface area contributed by atoms with Crippen LogP contribution in [0.25, 0.3) is 22.0 Å². The van der Waals surface area contributed by atoms with Gasteiger partial charge in [-0.2, -0.15) is 0 Å². The van der Waals surface area contributed by atoms with Gasteiger partial charge in [0.05, 0.1) is 17.0 Å². The molecule has 1 saturated heterocycles. The van der Waals surface area contributed by atoms with Crippen LogP contribution in [-0.2, 0) is 26.1 Å². The zero-order valence-electron chi connectivity index (χ0n) is 24.3. The maximum absolute atomic E-state index is 15.2. The number of carbonyl (C=O) groups excluding carboxylic acids is 1. The minimum absolute atomic E-state index is 0.00949. The number of amides is 1. The monoisotopic (exact) mass is 608 g/mol. The van der Waals surface area contributed by atoms with Crippen molar-refractivity contribution < 1.29 is 26.7 Å². The highest BCUT2D eigenvalue weighted by Gasteiger charge is 2.28. The van der Waals surface area contributed by atoms with Crippen molar-refractivity contribution in [2.45, 2.75) is 56.8 Å². The third kappa shape index (κ3) is 7.64. The average Bonchev–Trinajstić information content (AvgIpc) is 2.95. The van der Waals surface area contributed by atoms with Gasteiger partial charge >= 0.3 is 6.09 Å². The molecule has 1 fully saturated rings. The predicted octanol–water partition coefficient (Wildman–Crippen LogP) is 6.50. The molecule has 0 spiro atoms. The first-order chi connectivity index (χ1) is 20.4. The SMILES string of the molecule is CC(C)(C)OC(=O)N1CCC[C@H](Nc2ncc3cc(-c4ccc(CS(=O)(=O)Cc5ccccc5)c(F)c4F)ccc3n2)C1. The molecule has 1 N–H and O–H groups in total. The molecule has 2 heterocycles. The maximum atomic E-state index is 15.2. The molecule has 3 aromatic carbocycles. The van der Waals surface area contributed by atoms with E-state index in [1.165, 1.54) is 12.1 Å². The third-order valence-electron chi connectivity index (χ3n) is 7.06. The molecule has 0 aliphatic carbocycles. The van der Waals surface area contributed by atoms with Gasteiger partial charge in [-0.05, 0) is 56.9 Å². The van der Waals surface area contributed by atoms with Crippen molar-refractivity contribution in [3.8, 4) is 11.1 Å². The highest BCUT2D eigenvalue weighted by atomic mass is 32.2. The Bertz CT molecular complexity index is 1740. The largest absolute Gasteiger partial charge is 0.444 e. The quantitative estimate of drug-likeness (QED) is 0.256. The summed E-state index contributed by atoms with van der Waals surface area (Å²) < 4.78 is 61.1. The van der Waals surface area contributed by atoms with Crippen molar-refractivity contribution in [3.05, 3.63) is 89.6 Å². The van der Waals surface area contributed by atoms with Crippen molar-refractivity contribution in [2.75, 3.05) is 18.4 Å². The summed E-state index contributed by atoms with van der Waals surface area (Å²) in [6.07, 6.45) is 2.90. The summed E-state index contributed by atoms with van der Waals surface area (Å²) in [5.74, 6) is -2.77. The number of likely N-dealkylation sites (tertiary alicyclic amines) is 1. The lowest BCUT2D eigenvalue weighted by atomic mass is 10.0. The number of benzene rings is 3. The van der Waals surface area contributed by atoms with E-state index in [4.69, 9.17) is 4.74 Å². The van der Waals surface area contributed by atoms with Crippen LogP contribution in [0.15, 0.2) is 66.9 Å². The summed E-state index contributed by atoms with van der Waals surface area (Å²) in [6.45, 7) is 6.58. The van der Waals surface area contributed by atoms with Crippen LogP contribution in [0.3, 0.4) is 0 Å². The van der Waals surface area contributed by atoms with Crippen LogP contribution in [0, 0.1) is 11.6 Å². The van der Waals surface area contributed by atoms with E-state index >= 15 is 8.78 Å². The number of piperidine rings is 1. The van der Waals surface area contributed by atoms with Crippen LogP contribution in [0.4, 0.5) is 19.5 Å². The summed E-state index contributed by atoms with van der Waals surface area (Å²) in [5.41, 5.74) is 0.814. The van der Waals surface area contributed by atoms with E-state index < -0.39 is 32.8 Å². The summed E-state index contributed by atoms with van der Waals surface area (Å²) in [7, 11) is -3.72. The first kappa shape index (κ1) is 30.3. The molecule has 226 valence electrons. The summed E-state index contributed by atoms with van der Waals surface area (Å²) in [5, 5.41) is 3.91. The molecule has 0 bridgehead atoms. The Morgan fingerprint density at radius 1 is 1.05 bits per heavy atom. The Labute approximate surface area is 250 Å². The molecular formula is C32H34F2N4O4S. The van der Waals surface area contributed by atoms with Crippen molar-refractivity contribution >= 4 is 32.8 Å². The molecule has 1 aromatic heterocycles. The van der Waals surface area contributed by atoms with Crippen molar-refractivity contribution in [1.29, 1.82) is 0 Å². The molecule has 1 aliphatic rings. The fourth-order valence-corrected chi connectivity index (χ4v) is 6.58. The smallest absolute Gasteiger partial charge is 0.410 e. The van der Waals surface area contributed by atoms with Gasteiger partial charge in [-0.15, -0.1) is 0 Å². The van der Waals surface area contributed by atoms with Crippen molar-refractivity contribution in [3.63, 3.8) is 0 Å². The molecule has 1 atom stereocenters. The number of hydrogen-bond acceptors (Lipinski definition) is 7. The second-order valence-corrected chi connectivity index (χ2v) is 13.9. The highest BCUT2D eigenvalue weighted by Crippen LogP contribution is 2.30. The Kier molecular flexibility index (Phi) is 8.64. The normalized spacial score (nSPS) is 15.8. The lowest BCUT2D eigenvalue weighted by molar-refractivity contribution is 0.0206. The zero-order chi connectivity index (χ0) is 30.8. The topological polar surface area (TPSA) is 101 Å². The highest BCUT2D eigenvalue weighted by molar-refractivity contribution is 7.89. The number of carbonyl (C=O) groups is 1. The van der Waals surface area contributed by atoms with Gasteiger partial charge in [0.2, 0.25) is 5.95 Å². The van der Waals surface area contributed by atoms with Gasteiger partial charge in [-0.25, -0.2) is 32.0 Å². The van der Waals surface area contributed by atoms with Crippen LogP contribution < -0.4 is 5.32 Å². The van der Waals surface area contributed by atoms with Gasteiger partial charge in [0.15, 0.2) is 21.5 Å². The molecular weight excluding hydrogens is 574 g/mol. The average molecular weight is 609 g/mol. The zero-order valence-corrected chi connectivity index (χ0v) is 25.1. The number of aromatic nitrogens is 2. The third-order valence-corrected chi connectivity index (χ3v) is 8.59. The second kappa shape index (κ2) is 12.2. The van der Waals surface area contributed by atoms with Crippen LogP contribution >= 0.6 is 0 Å². The van der Waals surface area contributed by atoms with E-state index in [2.05, 4.69) is 15.3 Å².